The lowest BCUT2D eigenvalue weighted by molar-refractivity contribution is -0.115. The Bertz CT molecular complexity index is 473. The van der Waals surface area contributed by atoms with Gasteiger partial charge in [0, 0.05) is 10.5 Å². The first-order valence-electron chi connectivity index (χ1n) is 7.24. The second kappa shape index (κ2) is 6.72. The molecule has 1 aliphatic carbocycles. The van der Waals surface area contributed by atoms with Crippen molar-refractivity contribution in [2.24, 2.45) is 5.41 Å². The van der Waals surface area contributed by atoms with Gasteiger partial charge in [0.25, 0.3) is 0 Å². The molecular weight excluding hydrogens is 316 g/mol. The summed E-state index contributed by atoms with van der Waals surface area (Å²) in [5, 5.41) is 6.31. The average Bonchev–Trinajstić information content (AvgIpc) is 2.38. The number of hydrogen-bond acceptors (Lipinski definition) is 2. The summed E-state index contributed by atoms with van der Waals surface area (Å²) in [5.74, 6) is 0.0141. The minimum atomic E-state index is 0.0141. The predicted molar refractivity (Wildman–Crippen MR) is 86.8 cm³/mol. The van der Waals surface area contributed by atoms with E-state index in [1.54, 1.807) is 0 Å². The summed E-state index contributed by atoms with van der Waals surface area (Å²) in [5.41, 5.74) is 1.22. The Balaban J connectivity index is 1.79. The molecule has 0 bridgehead atoms. The van der Waals surface area contributed by atoms with Gasteiger partial charge in [-0.25, -0.2) is 0 Å². The van der Waals surface area contributed by atoms with Crippen molar-refractivity contribution in [2.75, 3.05) is 11.9 Å². The van der Waals surface area contributed by atoms with Gasteiger partial charge in [0.15, 0.2) is 0 Å². The molecule has 0 radical (unpaired) electrons. The van der Waals surface area contributed by atoms with E-state index in [4.69, 9.17) is 0 Å². The van der Waals surface area contributed by atoms with E-state index in [1.807, 2.05) is 24.3 Å². The zero-order valence-corrected chi connectivity index (χ0v) is 13.8. The number of carbonyl (C=O) groups excluding carboxylic acids is 1. The van der Waals surface area contributed by atoms with Crippen LogP contribution in [-0.2, 0) is 4.79 Å². The lowest BCUT2D eigenvalue weighted by Gasteiger charge is -2.35. The van der Waals surface area contributed by atoms with Crippen LogP contribution in [0, 0.1) is 5.41 Å². The monoisotopic (exact) mass is 338 g/mol. The Morgan fingerprint density at radius 3 is 2.85 bits per heavy atom. The molecule has 1 unspecified atom stereocenters. The van der Waals surface area contributed by atoms with E-state index in [2.05, 4.69) is 40.4 Å². The number of halogens is 1. The molecule has 1 aliphatic rings. The molecule has 1 aromatic rings. The van der Waals surface area contributed by atoms with E-state index in [1.165, 1.54) is 19.3 Å². The first kappa shape index (κ1) is 15.5. The molecule has 0 spiro atoms. The predicted octanol–water partition coefficient (Wildman–Crippen LogP) is 3.95. The molecule has 0 heterocycles. The second-order valence-electron chi connectivity index (χ2n) is 6.37. The van der Waals surface area contributed by atoms with E-state index >= 15 is 0 Å². The fraction of sp³-hybridized carbons (Fsp3) is 0.562. The van der Waals surface area contributed by atoms with Crippen LogP contribution < -0.4 is 10.6 Å². The fourth-order valence-corrected chi connectivity index (χ4v) is 3.25. The van der Waals surface area contributed by atoms with Gasteiger partial charge < -0.3 is 10.6 Å². The van der Waals surface area contributed by atoms with Crippen LogP contribution in [0.1, 0.15) is 39.5 Å². The summed E-state index contributed by atoms with van der Waals surface area (Å²) in [4.78, 5) is 12.0. The van der Waals surface area contributed by atoms with Crippen molar-refractivity contribution < 1.29 is 4.79 Å². The van der Waals surface area contributed by atoms with Crippen LogP contribution in [0.25, 0.3) is 0 Å². The normalized spacial score (nSPS) is 21.4. The van der Waals surface area contributed by atoms with E-state index in [0.29, 0.717) is 18.0 Å². The fourth-order valence-electron chi connectivity index (χ4n) is 2.87. The van der Waals surface area contributed by atoms with Crippen molar-refractivity contribution in [1.82, 2.24) is 5.32 Å². The lowest BCUT2D eigenvalue weighted by Crippen LogP contribution is -2.41. The number of nitrogens with one attached hydrogen (secondary N) is 2. The maximum Gasteiger partial charge on any atom is 0.238 e. The molecule has 110 valence electrons. The lowest BCUT2D eigenvalue weighted by atomic mass is 9.75. The first-order valence-corrected chi connectivity index (χ1v) is 8.03. The average molecular weight is 339 g/mol. The maximum absolute atomic E-state index is 12.0. The van der Waals surface area contributed by atoms with Crippen LogP contribution in [0.3, 0.4) is 0 Å². The van der Waals surface area contributed by atoms with Gasteiger partial charge in [-0.2, -0.15) is 0 Å². The highest BCUT2D eigenvalue weighted by Crippen LogP contribution is 2.34. The quantitative estimate of drug-likeness (QED) is 0.872. The molecule has 1 saturated carbocycles. The maximum atomic E-state index is 12.0. The van der Waals surface area contributed by atoms with E-state index < -0.39 is 0 Å². The molecule has 4 heteroatoms. The Morgan fingerprint density at radius 2 is 2.15 bits per heavy atom. The van der Waals surface area contributed by atoms with E-state index in [-0.39, 0.29) is 5.91 Å². The second-order valence-corrected chi connectivity index (χ2v) is 7.22. The number of amides is 1. The largest absolute Gasteiger partial charge is 0.324 e. The molecular formula is C16H23BrN2O. The zero-order chi connectivity index (χ0) is 14.6. The van der Waals surface area contributed by atoms with Crippen molar-refractivity contribution >= 4 is 27.5 Å². The Hall–Kier alpha value is -0.870. The van der Waals surface area contributed by atoms with Crippen LogP contribution in [0.2, 0.25) is 0 Å². The third-order valence-electron chi connectivity index (χ3n) is 3.90. The third-order valence-corrected chi connectivity index (χ3v) is 4.60. The molecule has 1 atom stereocenters. The zero-order valence-electron chi connectivity index (χ0n) is 12.2. The van der Waals surface area contributed by atoms with Crippen molar-refractivity contribution in [2.45, 2.75) is 45.6 Å². The first-order chi connectivity index (χ1) is 9.46. The standard InChI is InChI=1S/C16H23BrN2O/c1-16(2)9-5-6-12(10-16)18-11-15(20)19-14-8-4-3-7-13(14)17/h3-4,7-8,12,18H,5-6,9-11H2,1-2H3,(H,19,20). The molecule has 1 fully saturated rings. The summed E-state index contributed by atoms with van der Waals surface area (Å²) in [6, 6.07) is 8.13. The van der Waals surface area contributed by atoms with Crippen LogP contribution in [-0.4, -0.2) is 18.5 Å². The van der Waals surface area contributed by atoms with E-state index in [9.17, 15) is 4.79 Å². The number of para-hydroxylation sites is 1. The molecule has 1 amide bonds. The summed E-state index contributed by atoms with van der Waals surface area (Å²) < 4.78 is 0.909. The van der Waals surface area contributed by atoms with Gasteiger partial charge >= 0.3 is 0 Å². The highest BCUT2D eigenvalue weighted by Gasteiger charge is 2.27. The molecule has 2 rings (SSSR count). The molecule has 0 aromatic heterocycles. The van der Waals surface area contributed by atoms with Gasteiger partial charge in [0.05, 0.1) is 12.2 Å². The molecule has 2 N–H and O–H groups in total. The van der Waals surface area contributed by atoms with E-state index in [0.717, 1.165) is 16.6 Å². The van der Waals surface area contributed by atoms with Crippen LogP contribution in [0.4, 0.5) is 5.69 Å². The molecule has 0 saturated heterocycles. The molecule has 0 aliphatic heterocycles. The summed E-state index contributed by atoms with van der Waals surface area (Å²) >= 11 is 3.43. The van der Waals surface area contributed by atoms with Crippen LogP contribution >= 0.6 is 15.9 Å². The SMILES string of the molecule is CC1(C)CCCC(NCC(=O)Nc2ccccc2Br)C1. The molecule has 3 nitrogen and oxygen atoms in total. The Kier molecular flexibility index (Phi) is 5.22. The van der Waals surface area contributed by atoms with Crippen molar-refractivity contribution in [3.05, 3.63) is 28.7 Å². The van der Waals surface area contributed by atoms with Gasteiger partial charge in [0.2, 0.25) is 5.91 Å². The van der Waals surface area contributed by atoms with Gasteiger partial charge in [-0.3, -0.25) is 4.79 Å². The Morgan fingerprint density at radius 1 is 1.40 bits per heavy atom. The topological polar surface area (TPSA) is 41.1 Å². The van der Waals surface area contributed by atoms with Crippen molar-refractivity contribution in [1.29, 1.82) is 0 Å². The van der Waals surface area contributed by atoms with Crippen LogP contribution in [0.15, 0.2) is 28.7 Å². The Labute approximate surface area is 129 Å². The molecule has 1 aromatic carbocycles. The van der Waals surface area contributed by atoms with Gasteiger partial charge in [-0.1, -0.05) is 32.4 Å². The minimum Gasteiger partial charge on any atom is -0.324 e. The smallest absolute Gasteiger partial charge is 0.238 e. The highest BCUT2D eigenvalue weighted by atomic mass is 79.9. The minimum absolute atomic E-state index is 0.0141. The summed E-state index contributed by atoms with van der Waals surface area (Å²) in [6.45, 7) is 4.99. The van der Waals surface area contributed by atoms with Crippen molar-refractivity contribution in [3.63, 3.8) is 0 Å². The third kappa shape index (κ3) is 4.60. The van der Waals surface area contributed by atoms with Gasteiger partial charge in [-0.05, 0) is 52.7 Å². The highest BCUT2D eigenvalue weighted by molar-refractivity contribution is 9.10. The number of anilines is 1. The molecule has 20 heavy (non-hydrogen) atoms. The number of benzene rings is 1. The van der Waals surface area contributed by atoms with Gasteiger partial charge in [-0.15, -0.1) is 0 Å². The number of hydrogen-bond donors (Lipinski definition) is 2. The van der Waals surface area contributed by atoms with Crippen LogP contribution in [0.5, 0.6) is 0 Å². The number of carbonyl (C=O) groups is 1. The van der Waals surface area contributed by atoms with Crippen molar-refractivity contribution in [3.8, 4) is 0 Å². The number of rotatable bonds is 4. The summed E-state index contributed by atoms with van der Waals surface area (Å²) in [6.07, 6.45) is 4.85. The summed E-state index contributed by atoms with van der Waals surface area (Å²) in [7, 11) is 0. The van der Waals surface area contributed by atoms with Gasteiger partial charge in [0.1, 0.15) is 0 Å².